The van der Waals surface area contributed by atoms with Gasteiger partial charge in [0.15, 0.2) is 5.16 Å². The number of halogens is 1. The molecule has 1 aliphatic rings. The van der Waals surface area contributed by atoms with Crippen molar-refractivity contribution < 1.29 is 4.79 Å². The second kappa shape index (κ2) is 9.29. The lowest BCUT2D eigenvalue weighted by atomic mass is 10.2. The summed E-state index contributed by atoms with van der Waals surface area (Å²) in [6.07, 6.45) is 0.815. The molecule has 2 aromatic rings. The molecule has 0 radical (unpaired) electrons. The normalized spacial score (nSPS) is 16.5. The molecule has 1 aliphatic heterocycles. The van der Waals surface area contributed by atoms with Gasteiger partial charge in [-0.3, -0.25) is 14.2 Å². The molecule has 0 unspecified atom stereocenters. The number of nitrogens with zero attached hydrogens (tertiary/aromatic N) is 4. The van der Waals surface area contributed by atoms with Crippen LogP contribution in [0.25, 0.3) is 10.9 Å². The van der Waals surface area contributed by atoms with Gasteiger partial charge < -0.3 is 9.80 Å². The lowest BCUT2D eigenvalue weighted by molar-refractivity contribution is -0.132. The maximum atomic E-state index is 12.9. The Labute approximate surface area is 174 Å². The van der Waals surface area contributed by atoms with Crippen LogP contribution < -0.4 is 5.56 Å². The summed E-state index contributed by atoms with van der Waals surface area (Å²) in [4.78, 5) is 34.8. The third kappa shape index (κ3) is 4.53. The Morgan fingerprint density at radius 1 is 1.25 bits per heavy atom. The van der Waals surface area contributed by atoms with Crippen molar-refractivity contribution in [3.8, 4) is 0 Å². The first-order valence-electron chi connectivity index (χ1n) is 9.82. The number of thioether (sulfide) groups is 1. The molecule has 6 nitrogen and oxygen atoms in total. The maximum Gasteiger partial charge on any atom is 0.262 e. The van der Waals surface area contributed by atoms with Crippen molar-refractivity contribution in [1.29, 1.82) is 0 Å². The number of rotatable bonds is 6. The number of piperazine rings is 1. The largest absolute Gasteiger partial charge is 0.339 e. The van der Waals surface area contributed by atoms with Crippen LogP contribution in [0.5, 0.6) is 0 Å². The van der Waals surface area contributed by atoms with Gasteiger partial charge in [0, 0.05) is 37.7 Å². The van der Waals surface area contributed by atoms with Gasteiger partial charge in [0.2, 0.25) is 5.91 Å². The Kier molecular flexibility index (Phi) is 7.01. The van der Waals surface area contributed by atoms with Crippen molar-refractivity contribution in [2.75, 3.05) is 32.7 Å². The van der Waals surface area contributed by atoms with Gasteiger partial charge in [-0.05, 0) is 38.1 Å². The van der Waals surface area contributed by atoms with Crippen LogP contribution in [-0.2, 0) is 11.3 Å². The summed E-state index contributed by atoms with van der Waals surface area (Å²) >= 11 is 7.44. The number of aromatic nitrogens is 2. The second-order valence-electron chi connectivity index (χ2n) is 7.03. The second-order valence-corrected chi connectivity index (χ2v) is 8.78. The number of fused-ring (bicyclic) bond motifs is 1. The molecule has 1 aromatic carbocycles. The standard InChI is InChI=1S/C20H27ClN4O2S/c1-4-8-25-19(27)16-7-6-15(21)13-17(16)22-20(25)28-14(3)18(26)24-11-9-23(5-2)10-12-24/h6-7,13-14H,4-5,8-12H2,1-3H3/t14-/m1/s1. The summed E-state index contributed by atoms with van der Waals surface area (Å²) in [7, 11) is 0. The Bertz CT molecular complexity index is 909. The van der Waals surface area contributed by atoms with Gasteiger partial charge in [0.25, 0.3) is 5.56 Å². The molecule has 1 fully saturated rings. The molecule has 1 amide bonds. The number of benzene rings is 1. The molecular formula is C20H27ClN4O2S. The van der Waals surface area contributed by atoms with E-state index in [1.54, 1.807) is 22.8 Å². The van der Waals surface area contributed by atoms with Gasteiger partial charge in [-0.2, -0.15) is 0 Å². The van der Waals surface area contributed by atoms with Crippen LogP contribution in [-0.4, -0.2) is 63.2 Å². The summed E-state index contributed by atoms with van der Waals surface area (Å²) in [5, 5.41) is 1.37. The van der Waals surface area contributed by atoms with Crippen LogP contribution in [0.3, 0.4) is 0 Å². The Morgan fingerprint density at radius 2 is 1.96 bits per heavy atom. The fourth-order valence-corrected chi connectivity index (χ4v) is 4.62. The van der Waals surface area contributed by atoms with Crippen LogP contribution in [0.1, 0.15) is 27.2 Å². The van der Waals surface area contributed by atoms with Crippen LogP contribution in [0.4, 0.5) is 0 Å². The molecule has 28 heavy (non-hydrogen) atoms. The Morgan fingerprint density at radius 3 is 2.61 bits per heavy atom. The van der Waals surface area contributed by atoms with Crippen LogP contribution in [0.2, 0.25) is 5.02 Å². The number of likely N-dealkylation sites (N-methyl/N-ethyl adjacent to an activating group) is 1. The molecule has 1 saturated heterocycles. The monoisotopic (exact) mass is 422 g/mol. The van der Waals surface area contributed by atoms with E-state index in [9.17, 15) is 9.59 Å². The van der Waals surface area contributed by atoms with Crippen molar-refractivity contribution in [1.82, 2.24) is 19.4 Å². The predicted octanol–water partition coefficient (Wildman–Crippen LogP) is 3.10. The van der Waals surface area contributed by atoms with Gasteiger partial charge in [-0.25, -0.2) is 4.98 Å². The quantitative estimate of drug-likeness (QED) is 0.528. The van der Waals surface area contributed by atoms with Crippen LogP contribution >= 0.6 is 23.4 Å². The molecule has 2 heterocycles. The SMILES string of the molecule is CCCn1c(S[C@H](C)C(=O)N2CCN(CC)CC2)nc2cc(Cl)ccc2c1=O. The molecular weight excluding hydrogens is 396 g/mol. The minimum atomic E-state index is -0.306. The molecule has 3 rings (SSSR count). The first-order valence-corrected chi connectivity index (χ1v) is 11.1. The molecule has 0 saturated carbocycles. The maximum absolute atomic E-state index is 12.9. The summed E-state index contributed by atoms with van der Waals surface area (Å²) in [6, 6.07) is 5.13. The minimum absolute atomic E-state index is 0.0813. The van der Waals surface area contributed by atoms with Crippen LogP contribution in [0, 0.1) is 0 Å². The average molecular weight is 423 g/mol. The van der Waals surface area contributed by atoms with Crippen molar-refractivity contribution in [2.45, 2.75) is 44.1 Å². The zero-order valence-electron chi connectivity index (χ0n) is 16.7. The van der Waals surface area contributed by atoms with Crippen LogP contribution in [0.15, 0.2) is 28.2 Å². The van der Waals surface area contributed by atoms with E-state index >= 15 is 0 Å². The van der Waals surface area contributed by atoms with Crippen molar-refractivity contribution in [3.05, 3.63) is 33.6 Å². The van der Waals surface area contributed by atoms with Gasteiger partial charge >= 0.3 is 0 Å². The highest BCUT2D eigenvalue weighted by Crippen LogP contribution is 2.25. The number of carbonyl (C=O) groups is 1. The van der Waals surface area contributed by atoms with Gasteiger partial charge in [0.1, 0.15) is 0 Å². The lowest BCUT2D eigenvalue weighted by Gasteiger charge is -2.35. The summed E-state index contributed by atoms with van der Waals surface area (Å²) in [5.41, 5.74) is 0.491. The number of hydrogen-bond acceptors (Lipinski definition) is 5. The smallest absolute Gasteiger partial charge is 0.262 e. The Hall–Kier alpha value is -1.57. The number of hydrogen-bond donors (Lipinski definition) is 0. The van der Waals surface area contributed by atoms with Gasteiger partial charge in [0.05, 0.1) is 16.2 Å². The van der Waals surface area contributed by atoms with Crippen molar-refractivity contribution in [2.24, 2.45) is 0 Å². The summed E-state index contributed by atoms with van der Waals surface area (Å²) in [6.45, 7) is 11.0. The minimum Gasteiger partial charge on any atom is -0.339 e. The third-order valence-corrected chi connectivity index (χ3v) is 6.40. The molecule has 8 heteroatoms. The first kappa shape index (κ1) is 21.1. The first-order chi connectivity index (χ1) is 13.4. The number of carbonyl (C=O) groups excluding carboxylic acids is 1. The zero-order valence-corrected chi connectivity index (χ0v) is 18.2. The molecule has 1 atom stereocenters. The zero-order chi connectivity index (χ0) is 20.3. The fraction of sp³-hybridized carbons (Fsp3) is 0.550. The molecule has 1 aromatic heterocycles. The van der Waals surface area contributed by atoms with E-state index in [4.69, 9.17) is 11.6 Å². The van der Waals surface area contributed by atoms with E-state index in [1.807, 2.05) is 18.7 Å². The third-order valence-electron chi connectivity index (χ3n) is 5.09. The summed E-state index contributed by atoms with van der Waals surface area (Å²) < 4.78 is 1.68. The van der Waals surface area contributed by atoms with Gasteiger partial charge in [-0.1, -0.05) is 37.2 Å². The summed E-state index contributed by atoms with van der Waals surface area (Å²) in [5.74, 6) is 0.101. The highest BCUT2D eigenvalue weighted by atomic mass is 35.5. The molecule has 0 aliphatic carbocycles. The molecule has 0 N–H and O–H groups in total. The molecule has 152 valence electrons. The molecule has 0 bridgehead atoms. The lowest BCUT2D eigenvalue weighted by Crippen LogP contribution is -2.50. The average Bonchev–Trinajstić information content (AvgIpc) is 2.70. The van der Waals surface area contributed by atoms with E-state index in [0.29, 0.717) is 27.6 Å². The Balaban J connectivity index is 1.85. The van der Waals surface area contributed by atoms with E-state index < -0.39 is 0 Å². The molecule has 0 spiro atoms. The van der Waals surface area contributed by atoms with E-state index in [2.05, 4.69) is 16.8 Å². The van der Waals surface area contributed by atoms with Crippen molar-refractivity contribution >= 4 is 40.2 Å². The van der Waals surface area contributed by atoms with Crippen molar-refractivity contribution in [3.63, 3.8) is 0 Å². The van der Waals surface area contributed by atoms with E-state index in [1.165, 1.54) is 11.8 Å². The van der Waals surface area contributed by atoms with E-state index in [0.717, 1.165) is 39.1 Å². The van der Waals surface area contributed by atoms with Gasteiger partial charge in [-0.15, -0.1) is 0 Å². The predicted molar refractivity (Wildman–Crippen MR) is 115 cm³/mol. The van der Waals surface area contributed by atoms with E-state index in [-0.39, 0.29) is 16.7 Å². The highest BCUT2D eigenvalue weighted by Gasteiger charge is 2.26. The number of amides is 1. The topological polar surface area (TPSA) is 58.4 Å². The fourth-order valence-electron chi connectivity index (χ4n) is 3.43. The highest BCUT2D eigenvalue weighted by molar-refractivity contribution is 8.00.